The molecule has 2 aromatic heterocycles. The van der Waals surface area contributed by atoms with Gasteiger partial charge in [0.1, 0.15) is 6.54 Å². The summed E-state index contributed by atoms with van der Waals surface area (Å²) in [6.45, 7) is 5.51. The van der Waals surface area contributed by atoms with Crippen LogP contribution in [0, 0.1) is 20.8 Å². The van der Waals surface area contributed by atoms with Gasteiger partial charge in [0.2, 0.25) is 11.8 Å². The summed E-state index contributed by atoms with van der Waals surface area (Å²) in [7, 11) is 1.53. The molecule has 0 spiro atoms. The van der Waals surface area contributed by atoms with Crippen molar-refractivity contribution in [2.24, 2.45) is 0 Å². The Morgan fingerprint density at radius 3 is 2.46 bits per heavy atom. The first kappa shape index (κ1) is 19.3. The highest BCUT2D eigenvalue weighted by molar-refractivity contribution is 5.95. The molecule has 0 atom stereocenters. The van der Waals surface area contributed by atoms with Gasteiger partial charge in [-0.15, -0.1) is 5.10 Å². The van der Waals surface area contributed by atoms with Crippen LogP contribution in [0.3, 0.4) is 0 Å². The number of hydrogen-bond acceptors (Lipinski definition) is 4. The summed E-state index contributed by atoms with van der Waals surface area (Å²) in [5.74, 6) is -0.675. The van der Waals surface area contributed by atoms with E-state index < -0.39 is 5.69 Å². The lowest BCUT2D eigenvalue weighted by atomic mass is 10.1. The van der Waals surface area contributed by atoms with Gasteiger partial charge in [0.15, 0.2) is 5.65 Å². The third kappa shape index (κ3) is 3.95. The van der Waals surface area contributed by atoms with Crippen molar-refractivity contribution in [3.8, 4) is 0 Å². The highest BCUT2D eigenvalue weighted by atomic mass is 16.2. The number of nitrogens with one attached hydrogen (secondary N) is 1. The summed E-state index contributed by atoms with van der Waals surface area (Å²) in [6, 6.07) is 9.15. The van der Waals surface area contributed by atoms with Crippen LogP contribution in [-0.4, -0.2) is 44.5 Å². The minimum atomic E-state index is -0.396. The smallest absolute Gasteiger partial charge is 0.335 e. The zero-order valence-corrected chi connectivity index (χ0v) is 16.4. The Balaban J connectivity index is 1.66. The lowest BCUT2D eigenvalue weighted by molar-refractivity contribution is -0.134. The molecule has 0 aliphatic rings. The van der Waals surface area contributed by atoms with Crippen molar-refractivity contribution in [2.45, 2.75) is 27.3 Å². The number of aryl methyl sites for hydroxylation is 3. The lowest BCUT2D eigenvalue weighted by Gasteiger charge is -2.18. The van der Waals surface area contributed by atoms with E-state index in [0.717, 1.165) is 27.1 Å². The maximum absolute atomic E-state index is 12.4. The second-order valence-electron chi connectivity index (χ2n) is 6.94. The van der Waals surface area contributed by atoms with Crippen molar-refractivity contribution in [1.82, 2.24) is 19.1 Å². The van der Waals surface area contributed by atoms with Gasteiger partial charge in [0.05, 0.1) is 6.54 Å². The van der Waals surface area contributed by atoms with Gasteiger partial charge in [0.25, 0.3) is 0 Å². The molecule has 0 aliphatic heterocycles. The van der Waals surface area contributed by atoms with Gasteiger partial charge in [-0.1, -0.05) is 23.8 Å². The third-order valence-corrected chi connectivity index (χ3v) is 4.52. The molecule has 0 bridgehead atoms. The van der Waals surface area contributed by atoms with E-state index in [0.29, 0.717) is 5.65 Å². The SMILES string of the molecule is Cc1cc(C)c(NC(=O)CN(C)C(=O)Cn2nc3ccccn3c2=O)c(C)c1. The third-order valence-electron chi connectivity index (χ3n) is 4.52. The fourth-order valence-electron chi connectivity index (χ4n) is 3.18. The predicted octanol–water partition coefficient (Wildman–Crippen LogP) is 1.52. The van der Waals surface area contributed by atoms with Gasteiger partial charge in [-0.2, -0.15) is 0 Å². The summed E-state index contributed by atoms with van der Waals surface area (Å²) in [5.41, 5.74) is 3.89. The number of anilines is 1. The van der Waals surface area contributed by atoms with Crippen LogP contribution < -0.4 is 11.0 Å². The van der Waals surface area contributed by atoms with Crippen LogP contribution in [0.1, 0.15) is 16.7 Å². The van der Waals surface area contributed by atoms with Crippen molar-refractivity contribution in [3.63, 3.8) is 0 Å². The van der Waals surface area contributed by atoms with Crippen LogP contribution in [0.25, 0.3) is 5.65 Å². The molecule has 8 nitrogen and oxygen atoms in total. The summed E-state index contributed by atoms with van der Waals surface area (Å²) in [6.07, 6.45) is 1.59. The Morgan fingerprint density at radius 1 is 1.14 bits per heavy atom. The minimum Gasteiger partial charge on any atom is -0.335 e. The number of amides is 2. The molecule has 2 heterocycles. The standard InChI is InChI=1S/C20H23N5O3/c1-13-9-14(2)19(15(3)10-13)21-17(26)11-23(4)18(27)12-25-20(28)24-8-6-5-7-16(24)22-25/h5-10H,11-12H2,1-4H3,(H,21,26). The molecule has 0 unspecified atom stereocenters. The first-order valence-corrected chi connectivity index (χ1v) is 8.92. The van der Waals surface area contributed by atoms with E-state index in [4.69, 9.17) is 0 Å². The van der Waals surface area contributed by atoms with Gasteiger partial charge < -0.3 is 10.2 Å². The number of fused-ring (bicyclic) bond motifs is 1. The summed E-state index contributed by atoms with van der Waals surface area (Å²) >= 11 is 0. The Hall–Kier alpha value is -3.42. The van der Waals surface area contributed by atoms with Gasteiger partial charge in [-0.3, -0.25) is 14.0 Å². The van der Waals surface area contributed by atoms with Gasteiger partial charge in [-0.05, 0) is 44.0 Å². The molecule has 2 amide bonds. The van der Waals surface area contributed by atoms with Crippen molar-refractivity contribution in [2.75, 3.05) is 18.9 Å². The average molecular weight is 381 g/mol. The number of aromatic nitrogens is 3. The van der Waals surface area contributed by atoms with E-state index in [1.807, 2.05) is 32.9 Å². The number of carbonyl (C=O) groups is 2. The molecule has 28 heavy (non-hydrogen) atoms. The van der Waals surface area contributed by atoms with Crippen LogP contribution in [0.2, 0.25) is 0 Å². The monoisotopic (exact) mass is 381 g/mol. The van der Waals surface area contributed by atoms with Crippen molar-refractivity contribution in [1.29, 1.82) is 0 Å². The molecule has 146 valence electrons. The summed E-state index contributed by atoms with van der Waals surface area (Å²) in [4.78, 5) is 38.4. The van der Waals surface area contributed by atoms with Crippen LogP contribution in [0.15, 0.2) is 41.3 Å². The van der Waals surface area contributed by atoms with Gasteiger partial charge >= 0.3 is 5.69 Å². The Kier molecular flexibility index (Phi) is 5.30. The second-order valence-corrected chi connectivity index (χ2v) is 6.94. The number of carbonyl (C=O) groups excluding carboxylic acids is 2. The van der Waals surface area contributed by atoms with Crippen molar-refractivity contribution in [3.05, 3.63) is 63.7 Å². The molecule has 0 radical (unpaired) electrons. The molecule has 1 N–H and O–H groups in total. The van der Waals surface area contributed by atoms with Gasteiger partial charge in [-0.25, -0.2) is 9.48 Å². The van der Waals surface area contributed by atoms with Gasteiger partial charge in [0, 0.05) is 18.9 Å². The topological polar surface area (TPSA) is 88.7 Å². The van der Waals surface area contributed by atoms with Crippen LogP contribution in [0.4, 0.5) is 5.69 Å². The van der Waals surface area contributed by atoms with Crippen molar-refractivity contribution < 1.29 is 9.59 Å². The number of rotatable bonds is 5. The first-order valence-electron chi connectivity index (χ1n) is 8.92. The van der Waals surface area contributed by atoms with Crippen LogP contribution in [0.5, 0.6) is 0 Å². The molecule has 0 saturated carbocycles. The summed E-state index contributed by atoms with van der Waals surface area (Å²) in [5, 5.41) is 7.00. The van der Waals surface area contributed by atoms with E-state index >= 15 is 0 Å². The quantitative estimate of drug-likeness (QED) is 0.726. The van der Waals surface area contributed by atoms with Crippen LogP contribution in [-0.2, 0) is 16.1 Å². The molecule has 0 saturated heterocycles. The fourth-order valence-corrected chi connectivity index (χ4v) is 3.18. The normalized spacial score (nSPS) is 10.9. The van der Waals surface area contributed by atoms with E-state index in [1.165, 1.54) is 16.3 Å². The molecular weight excluding hydrogens is 358 g/mol. The minimum absolute atomic E-state index is 0.117. The molecular formula is C20H23N5O3. The first-order chi connectivity index (χ1) is 13.3. The zero-order valence-electron chi connectivity index (χ0n) is 16.4. The Labute approximate surface area is 162 Å². The Morgan fingerprint density at radius 2 is 1.82 bits per heavy atom. The zero-order chi connectivity index (χ0) is 20.4. The fraction of sp³-hybridized carbons (Fsp3) is 0.300. The maximum Gasteiger partial charge on any atom is 0.350 e. The second kappa shape index (κ2) is 7.67. The molecule has 3 aromatic rings. The molecule has 1 aromatic carbocycles. The highest BCUT2D eigenvalue weighted by Gasteiger charge is 2.17. The van der Waals surface area contributed by atoms with E-state index in [1.54, 1.807) is 24.4 Å². The van der Waals surface area contributed by atoms with E-state index in [-0.39, 0.29) is 24.9 Å². The molecule has 8 heteroatoms. The molecule has 0 aliphatic carbocycles. The molecule has 0 fully saturated rings. The average Bonchev–Trinajstić information content (AvgIpc) is 2.94. The van der Waals surface area contributed by atoms with E-state index in [9.17, 15) is 14.4 Å². The molecule has 3 rings (SSSR count). The number of likely N-dealkylation sites (N-methyl/N-ethyl adjacent to an activating group) is 1. The Bertz CT molecular complexity index is 1090. The number of benzene rings is 1. The van der Waals surface area contributed by atoms with E-state index in [2.05, 4.69) is 10.4 Å². The van der Waals surface area contributed by atoms with Crippen LogP contribution >= 0.6 is 0 Å². The number of pyridine rings is 1. The largest absolute Gasteiger partial charge is 0.350 e. The highest BCUT2D eigenvalue weighted by Crippen LogP contribution is 2.21. The maximum atomic E-state index is 12.4. The summed E-state index contributed by atoms with van der Waals surface area (Å²) < 4.78 is 2.46. The predicted molar refractivity (Wildman–Crippen MR) is 106 cm³/mol. The lowest BCUT2D eigenvalue weighted by Crippen LogP contribution is -2.39. The number of nitrogens with zero attached hydrogens (tertiary/aromatic N) is 4. The number of hydrogen-bond donors (Lipinski definition) is 1. The van der Waals surface area contributed by atoms with Crippen molar-refractivity contribution >= 4 is 23.1 Å².